The molecule has 0 aromatic heterocycles. The summed E-state index contributed by atoms with van der Waals surface area (Å²) in [7, 11) is 1.47. The lowest BCUT2D eigenvalue weighted by Gasteiger charge is -2.28. The zero-order valence-corrected chi connectivity index (χ0v) is 12.5. The Hall–Kier alpha value is -2.04. The standard InChI is InChI=1S/C15H21NO4/c1-9-6-7-11(20-5)10(8-9)13(17)16-12(14(18)19)15(2,3)4/h6-8,12H,1-5H3,(H,16,17)(H,18,19)/t12-/m0/s1. The van der Waals surface area contributed by atoms with E-state index in [9.17, 15) is 14.7 Å². The molecule has 5 heteroatoms. The SMILES string of the molecule is COc1ccc(C)cc1C(=O)N[C@@H](C(=O)O)C(C)(C)C. The lowest BCUT2D eigenvalue weighted by molar-refractivity contribution is -0.142. The average molecular weight is 279 g/mol. The third-order valence-electron chi connectivity index (χ3n) is 2.99. The largest absolute Gasteiger partial charge is 0.496 e. The van der Waals surface area contributed by atoms with Crippen LogP contribution in [0.1, 0.15) is 36.7 Å². The summed E-state index contributed by atoms with van der Waals surface area (Å²) in [5, 5.41) is 11.8. The van der Waals surface area contributed by atoms with E-state index in [1.165, 1.54) is 7.11 Å². The van der Waals surface area contributed by atoms with Gasteiger partial charge < -0.3 is 15.2 Å². The first-order valence-electron chi connectivity index (χ1n) is 6.35. The third-order valence-corrected chi connectivity index (χ3v) is 2.99. The van der Waals surface area contributed by atoms with Crippen molar-refractivity contribution in [1.29, 1.82) is 0 Å². The number of benzene rings is 1. The van der Waals surface area contributed by atoms with Crippen LogP contribution in [0.15, 0.2) is 18.2 Å². The fraction of sp³-hybridized carbons (Fsp3) is 0.467. The molecule has 0 aliphatic rings. The average Bonchev–Trinajstić information content (AvgIpc) is 2.33. The van der Waals surface area contributed by atoms with Gasteiger partial charge in [-0.3, -0.25) is 4.79 Å². The number of carboxylic acids is 1. The monoisotopic (exact) mass is 279 g/mol. The van der Waals surface area contributed by atoms with E-state index in [0.717, 1.165) is 5.56 Å². The maximum atomic E-state index is 12.3. The van der Waals surface area contributed by atoms with Crippen LogP contribution in [0.25, 0.3) is 0 Å². The zero-order chi connectivity index (χ0) is 15.5. The number of carbonyl (C=O) groups is 2. The molecule has 1 rings (SSSR count). The number of ether oxygens (including phenoxy) is 1. The summed E-state index contributed by atoms with van der Waals surface area (Å²) in [5.74, 6) is -1.09. The second-order valence-corrected chi connectivity index (χ2v) is 5.81. The molecule has 0 aliphatic heterocycles. The van der Waals surface area contributed by atoms with Crippen molar-refractivity contribution in [3.8, 4) is 5.75 Å². The van der Waals surface area contributed by atoms with Crippen molar-refractivity contribution in [1.82, 2.24) is 5.32 Å². The van der Waals surface area contributed by atoms with E-state index in [0.29, 0.717) is 11.3 Å². The fourth-order valence-electron chi connectivity index (χ4n) is 1.86. The van der Waals surface area contributed by atoms with Crippen molar-refractivity contribution in [3.63, 3.8) is 0 Å². The van der Waals surface area contributed by atoms with Crippen LogP contribution in [0, 0.1) is 12.3 Å². The molecule has 1 aromatic rings. The van der Waals surface area contributed by atoms with Gasteiger partial charge in [0.25, 0.3) is 5.91 Å². The molecule has 20 heavy (non-hydrogen) atoms. The van der Waals surface area contributed by atoms with E-state index < -0.39 is 23.3 Å². The highest BCUT2D eigenvalue weighted by atomic mass is 16.5. The Morgan fingerprint density at radius 1 is 1.30 bits per heavy atom. The first kappa shape index (κ1) is 16.0. The molecule has 1 atom stereocenters. The Balaban J connectivity index is 3.07. The number of aliphatic carboxylic acids is 1. The number of carboxylic acid groups (broad SMARTS) is 1. The summed E-state index contributed by atoms with van der Waals surface area (Å²) in [6.45, 7) is 7.15. The van der Waals surface area contributed by atoms with Crippen LogP contribution in [0.4, 0.5) is 0 Å². The molecule has 0 radical (unpaired) electrons. The first-order chi connectivity index (χ1) is 9.16. The van der Waals surface area contributed by atoms with E-state index in [1.807, 2.05) is 13.0 Å². The fourth-order valence-corrected chi connectivity index (χ4v) is 1.86. The van der Waals surface area contributed by atoms with Crippen LogP contribution < -0.4 is 10.1 Å². The van der Waals surface area contributed by atoms with Crippen molar-refractivity contribution in [2.24, 2.45) is 5.41 Å². The summed E-state index contributed by atoms with van der Waals surface area (Å²) >= 11 is 0. The van der Waals surface area contributed by atoms with Gasteiger partial charge in [-0.05, 0) is 24.5 Å². The molecule has 0 unspecified atom stereocenters. The van der Waals surface area contributed by atoms with E-state index in [-0.39, 0.29) is 0 Å². The summed E-state index contributed by atoms with van der Waals surface area (Å²) in [4.78, 5) is 23.6. The maximum Gasteiger partial charge on any atom is 0.326 e. The van der Waals surface area contributed by atoms with Crippen molar-refractivity contribution in [3.05, 3.63) is 29.3 Å². The van der Waals surface area contributed by atoms with Crippen molar-refractivity contribution >= 4 is 11.9 Å². The topological polar surface area (TPSA) is 75.6 Å². The van der Waals surface area contributed by atoms with Crippen LogP contribution in [-0.4, -0.2) is 30.1 Å². The molecule has 110 valence electrons. The van der Waals surface area contributed by atoms with Crippen LogP contribution in [0.2, 0.25) is 0 Å². The van der Waals surface area contributed by atoms with Crippen LogP contribution in [0.5, 0.6) is 5.75 Å². The van der Waals surface area contributed by atoms with Gasteiger partial charge >= 0.3 is 5.97 Å². The highest BCUT2D eigenvalue weighted by molar-refractivity contribution is 5.99. The minimum Gasteiger partial charge on any atom is -0.496 e. The van der Waals surface area contributed by atoms with Crippen LogP contribution >= 0.6 is 0 Å². The highest BCUT2D eigenvalue weighted by Gasteiger charge is 2.33. The zero-order valence-electron chi connectivity index (χ0n) is 12.5. The number of amides is 1. The van der Waals surface area contributed by atoms with Gasteiger partial charge in [0.05, 0.1) is 12.7 Å². The molecule has 0 saturated heterocycles. The first-order valence-corrected chi connectivity index (χ1v) is 6.35. The lowest BCUT2D eigenvalue weighted by atomic mass is 9.86. The predicted octanol–water partition coefficient (Wildman–Crippen LogP) is 2.23. The number of hydrogen-bond donors (Lipinski definition) is 2. The quantitative estimate of drug-likeness (QED) is 0.886. The molecular weight excluding hydrogens is 258 g/mol. The van der Waals surface area contributed by atoms with Gasteiger partial charge in [0.2, 0.25) is 0 Å². The lowest BCUT2D eigenvalue weighted by Crippen LogP contribution is -2.49. The van der Waals surface area contributed by atoms with Crippen LogP contribution in [-0.2, 0) is 4.79 Å². The summed E-state index contributed by atoms with van der Waals surface area (Å²) in [5.41, 5.74) is 0.653. The van der Waals surface area contributed by atoms with Gasteiger partial charge in [-0.25, -0.2) is 4.79 Å². The summed E-state index contributed by atoms with van der Waals surface area (Å²) in [6, 6.07) is 4.22. The van der Waals surface area contributed by atoms with E-state index in [1.54, 1.807) is 32.9 Å². The van der Waals surface area contributed by atoms with Gasteiger partial charge in [-0.1, -0.05) is 32.4 Å². The van der Waals surface area contributed by atoms with E-state index in [4.69, 9.17) is 4.74 Å². The normalized spacial score (nSPS) is 12.7. The predicted molar refractivity (Wildman–Crippen MR) is 76.1 cm³/mol. The number of nitrogens with one attached hydrogen (secondary N) is 1. The number of methoxy groups -OCH3 is 1. The molecule has 0 heterocycles. The Morgan fingerprint density at radius 3 is 2.35 bits per heavy atom. The van der Waals surface area contributed by atoms with Crippen molar-refractivity contribution in [2.75, 3.05) is 7.11 Å². The molecule has 1 amide bonds. The molecule has 1 aromatic carbocycles. The van der Waals surface area contributed by atoms with Gasteiger partial charge in [0.15, 0.2) is 0 Å². The molecule has 5 nitrogen and oxygen atoms in total. The van der Waals surface area contributed by atoms with Crippen molar-refractivity contribution < 1.29 is 19.4 Å². The van der Waals surface area contributed by atoms with Gasteiger partial charge in [0, 0.05) is 0 Å². The Morgan fingerprint density at radius 2 is 1.90 bits per heavy atom. The summed E-state index contributed by atoms with van der Waals surface area (Å²) in [6.07, 6.45) is 0. The Kier molecular flexibility index (Phi) is 4.76. The van der Waals surface area contributed by atoms with Gasteiger partial charge in [-0.15, -0.1) is 0 Å². The number of hydrogen-bond acceptors (Lipinski definition) is 3. The molecular formula is C15H21NO4. The van der Waals surface area contributed by atoms with Crippen molar-refractivity contribution in [2.45, 2.75) is 33.7 Å². The third kappa shape index (κ3) is 3.73. The Labute approximate surface area is 118 Å². The Bertz CT molecular complexity index is 517. The summed E-state index contributed by atoms with van der Waals surface area (Å²) < 4.78 is 5.14. The molecule has 2 N–H and O–H groups in total. The molecule has 0 bridgehead atoms. The molecule has 0 spiro atoms. The number of rotatable bonds is 4. The maximum absolute atomic E-state index is 12.3. The number of carbonyl (C=O) groups excluding carboxylic acids is 1. The van der Waals surface area contributed by atoms with Gasteiger partial charge in [0.1, 0.15) is 11.8 Å². The van der Waals surface area contributed by atoms with Crippen LogP contribution in [0.3, 0.4) is 0 Å². The number of aryl methyl sites for hydroxylation is 1. The van der Waals surface area contributed by atoms with E-state index in [2.05, 4.69) is 5.32 Å². The van der Waals surface area contributed by atoms with Gasteiger partial charge in [-0.2, -0.15) is 0 Å². The molecule has 0 aliphatic carbocycles. The second kappa shape index (κ2) is 5.94. The highest BCUT2D eigenvalue weighted by Crippen LogP contribution is 2.23. The van der Waals surface area contributed by atoms with E-state index >= 15 is 0 Å². The molecule has 0 fully saturated rings. The minimum atomic E-state index is -1.06. The minimum absolute atomic E-state index is 0.336. The molecule has 0 saturated carbocycles. The second-order valence-electron chi connectivity index (χ2n) is 5.81. The smallest absolute Gasteiger partial charge is 0.326 e.